The van der Waals surface area contributed by atoms with Crippen molar-refractivity contribution in [1.82, 2.24) is 14.9 Å². The monoisotopic (exact) mass is 341 g/mol. The summed E-state index contributed by atoms with van der Waals surface area (Å²) in [6, 6.07) is 0.550. The third-order valence-electron chi connectivity index (χ3n) is 4.39. The fraction of sp³-hybridized carbons (Fsp3) is 0.600. The highest BCUT2D eigenvalue weighted by Gasteiger charge is 2.26. The minimum absolute atomic E-state index is 0.550. The second kappa shape index (κ2) is 6.03. The van der Waals surface area contributed by atoms with Crippen molar-refractivity contribution in [2.75, 3.05) is 12.3 Å². The van der Waals surface area contributed by atoms with Crippen molar-refractivity contribution in [3.8, 4) is 0 Å². The van der Waals surface area contributed by atoms with Gasteiger partial charge in [-0.1, -0.05) is 18.5 Å². The lowest BCUT2D eigenvalue weighted by atomic mass is 10.2. The molecule has 1 aliphatic heterocycles. The number of aryl methyl sites for hydroxylation is 2. The van der Waals surface area contributed by atoms with E-state index in [1.54, 1.807) is 11.3 Å². The molecule has 1 aliphatic rings. The van der Waals surface area contributed by atoms with Gasteiger partial charge in [-0.25, -0.2) is 9.97 Å². The normalized spacial score (nSPS) is 23.9. The third kappa shape index (κ3) is 2.93. The average Bonchev–Trinajstić information content (AvgIpc) is 2.71. The molecule has 1 saturated heterocycles. The zero-order chi connectivity index (χ0) is 15.1. The maximum Gasteiger partial charge on any atom is 0.145 e. The van der Waals surface area contributed by atoms with Gasteiger partial charge < -0.3 is 0 Å². The molecule has 2 aromatic heterocycles. The number of thiophene rings is 1. The van der Waals surface area contributed by atoms with Gasteiger partial charge in [-0.05, 0) is 26.3 Å². The van der Waals surface area contributed by atoms with Gasteiger partial charge in [0.05, 0.1) is 11.9 Å². The minimum atomic E-state index is 0.550. The Balaban J connectivity index is 1.91. The molecule has 0 aromatic carbocycles. The van der Waals surface area contributed by atoms with Crippen LogP contribution in [0.4, 0.5) is 0 Å². The van der Waals surface area contributed by atoms with E-state index in [0.717, 1.165) is 29.1 Å². The van der Waals surface area contributed by atoms with E-state index in [1.807, 2.05) is 11.8 Å². The van der Waals surface area contributed by atoms with Crippen LogP contribution in [0.1, 0.15) is 30.1 Å². The Morgan fingerprint density at radius 2 is 2.05 bits per heavy atom. The van der Waals surface area contributed by atoms with Crippen LogP contribution in [0.25, 0.3) is 10.2 Å². The number of hydrogen-bond donors (Lipinski definition) is 0. The number of thioether (sulfide) groups is 1. The van der Waals surface area contributed by atoms with Crippen molar-refractivity contribution < 1.29 is 0 Å². The Morgan fingerprint density at radius 3 is 2.81 bits per heavy atom. The molecule has 0 saturated carbocycles. The summed E-state index contributed by atoms with van der Waals surface area (Å²) in [6.45, 7) is 10.7. The fourth-order valence-electron chi connectivity index (χ4n) is 2.71. The highest BCUT2D eigenvalue weighted by molar-refractivity contribution is 8.00. The molecule has 0 amide bonds. The summed E-state index contributed by atoms with van der Waals surface area (Å²) in [5, 5.41) is 2.28. The van der Waals surface area contributed by atoms with E-state index in [9.17, 15) is 0 Å². The molecular formula is C15H20ClN3S2. The van der Waals surface area contributed by atoms with Gasteiger partial charge in [-0.15, -0.1) is 11.3 Å². The standard InChI is InChI=1S/C15H20ClN3S2/c1-8-10(3)21-15-13(8)14(16)17-12(18-15)7-19-5-6-20-11(4)9(19)2/h9,11H,5-7H2,1-4H3. The Labute approximate surface area is 139 Å². The van der Waals surface area contributed by atoms with Crippen LogP contribution in [-0.4, -0.2) is 38.5 Å². The van der Waals surface area contributed by atoms with Crippen LogP contribution in [-0.2, 0) is 6.54 Å². The average molecular weight is 342 g/mol. The Hall–Kier alpha value is -0.360. The first kappa shape index (κ1) is 15.5. The molecule has 0 bridgehead atoms. The van der Waals surface area contributed by atoms with Crippen LogP contribution in [0.15, 0.2) is 0 Å². The first-order chi connectivity index (χ1) is 9.97. The summed E-state index contributed by atoms with van der Waals surface area (Å²) in [5.41, 5.74) is 1.21. The smallest absolute Gasteiger partial charge is 0.145 e. The lowest BCUT2D eigenvalue weighted by Gasteiger charge is -2.36. The van der Waals surface area contributed by atoms with Crippen molar-refractivity contribution in [3.63, 3.8) is 0 Å². The summed E-state index contributed by atoms with van der Waals surface area (Å²) in [7, 11) is 0. The first-order valence-electron chi connectivity index (χ1n) is 7.25. The van der Waals surface area contributed by atoms with Gasteiger partial charge in [0.2, 0.25) is 0 Å². The minimum Gasteiger partial charge on any atom is -0.291 e. The molecule has 2 unspecified atom stereocenters. The molecule has 0 radical (unpaired) electrons. The summed E-state index contributed by atoms with van der Waals surface area (Å²) < 4.78 is 0. The van der Waals surface area contributed by atoms with Crippen LogP contribution in [0.3, 0.4) is 0 Å². The maximum atomic E-state index is 6.40. The number of rotatable bonds is 2. The fourth-order valence-corrected chi connectivity index (χ4v) is 5.31. The van der Waals surface area contributed by atoms with Gasteiger partial charge in [0.1, 0.15) is 15.8 Å². The summed E-state index contributed by atoms with van der Waals surface area (Å²) in [5.74, 6) is 2.03. The molecule has 2 atom stereocenters. The van der Waals surface area contributed by atoms with E-state index >= 15 is 0 Å². The highest BCUT2D eigenvalue weighted by Crippen LogP contribution is 2.33. The molecular weight excluding hydrogens is 322 g/mol. The van der Waals surface area contributed by atoms with Gasteiger partial charge in [0.25, 0.3) is 0 Å². The number of fused-ring (bicyclic) bond motifs is 1. The summed E-state index contributed by atoms with van der Waals surface area (Å²) in [6.07, 6.45) is 0. The summed E-state index contributed by atoms with van der Waals surface area (Å²) in [4.78, 5) is 14.0. The summed E-state index contributed by atoms with van der Waals surface area (Å²) >= 11 is 10.2. The molecule has 0 aliphatic carbocycles. The molecule has 6 heteroatoms. The molecule has 1 fully saturated rings. The van der Waals surface area contributed by atoms with Gasteiger partial charge in [0.15, 0.2) is 0 Å². The van der Waals surface area contributed by atoms with E-state index in [1.165, 1.54) is 16.2 Å². The number of aromatic nitrogens is 2. The molecule has 114 valence electrons. The Kier molecular flexibility index (Phi) is 4.46. The second-order valence-corrected chi connectivity index (χ2v) is 8.73. The predicted molar refractivity (Wildman–Crippen MR) is 93.7 cm³/mol. The zero-order valence-electron chi connectivity index (χ0n) is 12.8. The number of halogens is 1. The largest absolute Gasteiger partial charge is 0.291 e. The lowest BCUT2D eigenvalue weighted by molar-refractivity contribution is 0.199. The molecule has 3 heterocycles. The highest BCUT2D eigenvalue weighted by atomic mass is 35.5. The number of nitrogens with zero attached hydrogens (tertiary/aromatic N) is 3. The Bertz CT molecular complexity index is 670. The van der Waals surface area contributed by atoms with Crippen LogP contribution >= 0.6 is 34.7 Å². The quantitative estimate of drug-likeness (QED) is 0.762. The van der Waals surface area contributed by atoms with Gasteiger partial charge >= 0.3 is 0 Å². The van der Waals surface area contributed by atoms with E-state index < -0.39 is 0 Å². The molecule has 0 N–H and O–H groups in total. The molecule has 0 spiro atoms. The van der Waals surface area contributed by atoms with Crippen molar-refractivity contribution in [2.45, 2.75) is 45.5 Å². The molecule has 2 aromatic rings. The maximum absolute atomic E-state index is 6.40. The van der Waals surface area contributed by atoms with Crippen LogP contribution in [0.5, 0.6) is 0 Å². The molecule has 21 heavy (non-hydrogen) atoms. The van der Waals surface area contributed by atoms with E-state index in [0.29, 0.717) is 16.4 Å². The van der Waals surface area contributed by atoms with Gasteiger partial charge in [-0.2, -0.15) is 11.8 Å². The molecule has 3 nitrogen and oxygen atoms in total. The first-order valence-corrected chi connectivity index (χ1v) is 9.49. The van der Waals surface area contributed by atoms with E-state index in [2.05, 4.69) is 37.6 Å². The van der Waals surface area contributed by atoms with Crippen molar-refractivity contribution in [3.05, 3.63) is 21.4 Å². The SMILES string of the molecule is Cc1sc2nc(CN3CCSC(C)C3C)nc(Cl)c2c1C. The van der Waals surface area contributed by atoms with Crippen LogP contribution in [0, 0.1) is 13.8 Å². The van der Waals surface area contributed by atoms with Crippen LogP contribution in [0.2, 0.25) is 5.15 Å². The Morgan fingerprint density at radius 1 is 1.29 bits per heavy atom. The van der Waals surface area contributed by atoms with Crippen molar-refractivity contribution >= 4 is 44.9 Å². The third-order valence-corrected chi connectivity index (χ3v) is 7.10. The topological polar surface area (TPSA) is 29.0 Å². The van der Waals surface area contributed by atoms with Gasteiger partial charge in [-0.3, -0.25) is 4.90 Å². The van der Waals surface area contributed by atoms with Crippen LogP contribution < -0.4 is 0 Å². The van der Waals surface area contributed by atoms with Gasteiger partial charge in [0, 0.05) is 28.5 Å². The zero-order valence-corrected chi connectivity index (χ0v) is 15.2. The predicted octanol–water partition coefficient (Wildman–Crippen LogP) is 4.29. The molecule has 3 rings (SSSR count). The second-order valence-electron chi connectivity index (χ2n) is 5.68. The van der Waals surface area contributed by atoms with Crippen molar-refractivity contribution in [1.29, 1.82) is 0 Å². The van der Waals surface area contributed by atoms with E-state index in [4.69, 9.17) is 16.6 Å². The van der Waals surface area contributed by atoms with E-state index in [-0.39, 0.29) is 0 Å². The van der Waals surface area contributed by atoms with Crippen molar-refractivity contribution in [2.24, 2.45) is 0 Å². The lowest BCUT2D eigenvalue weighted by Crippen LogP contribution is -2.44. The number of hydrogen-bond acceptors (Lipinski definition) is 5.